The lowest BCUT2D eigenvalue weighted by atomic mass is 10.1. The Morgan fingerprint density at radius 3 is 2.67 bits per heavy atom. The first-order chi connectivity index (χ1) is 14.5. The second-order valence-corrected chi connectivity index (χ2v) is 6.55. The first-order valence-electron chi connectivity index (χ1n) is 9.21. The van der Waals surface area contributed by atoms with E-state index in [-0.39, 0.29) is 16.9 Å². The molecule has 0 saturated carbocycles. The van der Waals surface area contributed by atoms with E-state index in [1.54, 1.807) is 10.9 Å². The Hall–Kier alpha value is -3.69. The molecule has 1 aromatic carbocycles. The number of benzene rings is 1. The highest BCUT2D eigenvalue weighted by Gasteiger charge is 2.21. The highest BCUT2D eigenvalue weighted by molar-refractivity contribution is 5.99. The topological polar surface area (TPSA) is 77.1 Å². The van der Waals surface area contributed by atoms with Gasteiger partial charge in [0, 0.05) is 31.0 Å². The number of hydrogen-bond donors (Lipinski definition) is 1. The van der Waals surface area contributed by atoms with Crippen molar-refractivity contribution in [1.82, 2.24) is 29.7 Å². The number of halogens is 3. The number of carbonyl (C=O) groups is 1. The summed E-state index contributed by atoms with van der Waals surface area (Å²) in [5.41, 5.74) is 0.340. The number of hydrogen-bond acceptors (Lipinski definition) is 4. The van der Waals surface area contributed by atoms with Crippen molar-refractivity contribution in [2.24, 2.45) is 0 Å². The van der Waals surface area contributed by atoms with E-state index in [0.29, 0.717) is 25.1 Å². The van der Waals surface area contributed by atoms with Gasteiger partial charge in [0.2, 0.25) is 0 Å². The fraction of sp³-hybridized carbons (Fsp3) is 0.200. The van der Waals surface area contributed by atoms with Crippen LogP contribution in [0, 0.1) is 5.82 Å². The quantitative estimate of drug-likeness (QED) is 0.470. The van der Waals surface area contributed by atoms with Crippen molar-refractivity contribution in [2.75, 3.05) is 6.54 Å². The largest absolute Gasteiger partial charge is 0.352 e. The maximum absolute atomic E-state index is 13.6. The van der Waals surface area contributed by atoms with Gasteiger partial charge in [-0.3, -0.25) is 9.48 Å². The molecule has 0 radical (unpaired) electrons. The molecule has 1 N–H and O–H groups in total. The Morgan fingerprint density at radius 1 is 1.17 bits per heavy atom. The monoisotopic (exact) mass is 414 g/mol. The molecule has 0 saturated heterocycles. The molecule has 0 fully saturated rings. The molecule has 0 unspecified atom stereocenters. The molecule has 154 valence electrons. The van der Waals surface area contributed by atoms with Crippen LogP contribution in [0.5, 0.6) is 0 Å². The van der Waals surface area contributed by atoms with Gasteiger partial charge < -0.3 is 5.32 Å². The van der Waals surface area contributed by atoms with Gasteiger partial charge in [0.15, 0.2) is 5.65 Å². The van der Waals surface area contributed by atoms with Crippen LogP contribution in [-0.2, 0) is 6.54 Å². The normalized spacial score (nSPS) is 11.3. The van der Waals surface area contributed by atoms with Gasteiger partial charge in [-0.25, -0.2) is 22.7 Å². The number of nitrogens with zero attached hydrogens (tertiary/aromatic N) is 5. The van der Waals surface area contributed by atoms with Crippen LogP contribution in [-0.4, -0.2) is 36.8 Å². The number of alkyl halides is 2. The minimum absolute atomic E-state index is 0.0108. The van der Waals surface area contributed by atoms with Gasteiger partial charge in [-0.1, -0.05) is 0 Å². The average molecular weight is 414 g/mol. The van der Waals surface area contributed by atoms with Crippen molar-refractivity contribution < 1.29 is 18.0 Å². The van der Waals surface area contributed by atoms with E-state index >= 15 is 0 Å². The highest BCUT2D eigenvalue weighted by atomic mass is 19.3. The van der Waals surface area contributed by atoms with Crippen LogP contribution in [0.25, 0.3) is 16.9 Å². The first-order valence-corrected chi connectivity index (χ1v) is 9.21. The molecule has 0 spiro atoms. The lowest BCUT2D eigenvalue weighted by molar-refractivity contribution is 0.0953. The number of carbonyl (C=O) groups excluding carboxylic acids is 1. The molecular weight excluding hydrogens is 397 g/mol. The highest BCUT2D eigenvalue weighted by Crippen LogP contribution is 2.26. The zero-order chi connectivity index (χ0) is 21.1. The van der Waals surface area contributed by atoms with Crippen molar-refractivity contribution in [2.45, 2.75) is 19.4 Å². The van der Waals surface area contributed by atoms with E-state index in [2.05, 4.69) is 20.5 Å². The molecule has 4 rings (SSSR count). The molecule has 0 aliphatic heterocycles. The average Bonchev–Trinajstić information content (AvgIpc) is 3.40. The number of aryl methyl sites for hydroxylation is 1. The molecule has 0 aliphatic rings. The van der Waals surface area contributed by atoms with Crippen molar-refractivity contribution in [3.05, 3.63) is 72.1 Å². The maximum atomic E-state index is 13.6. The predicted molar refractivity (Wildman–Crippen MR) is 103 cm³/mol. The molecular formula is C20H17F3N6O. The van der Waals surface area contributed by atoms with Gasteiger partial charge in [-0.2, -0.15) is 10.2 Å². The number of fused-ring (bicyclic) bond motifs is 1. The molecule has 10 heteroatoms. The molecule has 30 heavy (non-hydrogen) atoms. The van der Waals surface area contributed by atoms with E-state index in [9.17, 15) is 18.0 Å². The molecule has 0 atom stereocenters. The fourth-order valence-corrected chi connectivity index (χ4v) is 3.04. The van der Waals surface area contributed by atoms with Crippen molar-refractivity contribution in [1.29, 1.82) is 0 Å². The number of amides is 1. The Kier molecular flexibility index (Phi) is 5.46. The van der Waals surface area contributed by atoms with Gasteiger partial charge in [-0.05, 0) is 42.8 Å². The molecule has 0 bridgehead atoms. The summed E-state index contributed by atoms with van der Waals surface area (Å²) in [7, 11) is 0. The number of rotatable bonds is 7. The third kappa shape index (κ3) is 4.02. The lowest BCUT2D eigenvalue weighted by Crippen LogP contribution is -2.25. The lowest BCUT2D eigenvalue weighted by Gasteiger charge is -2.09. The van der Waals surface area contributed by atoms with Crippen LogP contribution in [0.2, 0.25) is 0 Å². The summed E-state index contributed by atoms with van der Waals surface area (Å²) in [5.74, 6) is -0.914. The van der Waals surface area contributed by atoms with Crippen LogP contribution in [0.3, 0.4) is 0 Å². The minimum atomic E-state index is -2.83. The summed E-state index contributed by atoms with van der Waals surface area (Å²) in [5, 5.41) is 10.7. The van der Waals surface area contributed by atoms with Crippen LogP contribution in [0.1, 0.15) is 28.9 Å². The third-order valence-electron chi connectivity index (χ3n) is 4.52. The van der Waals surface area contributed by atoms with Crippen LogP contribution in [0.15, 0.2) is 55.0 Å². The summed E-state index contributed by atoms with van der Waals surface area (Å²) < 4.78 is 43.1. The SMILES string of the molecule is O=C(NCCCn1cccn1)c1cnn2c(C(F)F)cc(-c3ccc(F)cc3)nc12. The van der Waals surface area contributed by atoms with Gasteiger partial charge >= 0.3 is 0 Å². The van der Waals surface area contributed by atoms with Crippen molar-refractivity contribution in [3.63, 3.8) is 0 Å². The summed E-state index contributed by atoms with van der Waals surface area (Å²) in [6.45, 7) is 1.000. The van der Waals surface area contributed by atoms with E-state index in [1.807, 2.05) is 12.3 Å². The molecule has 1 amide bonds. The fourth-order valence-electron chi connectivity index (χ4n) is 3.04. The Morgan fingerprint density at radius 2 is 1.97 bits per heavy atom. The van der Waals surface area contributed by atoms with E-state index in [0.717, 1.165) is 4.52 Å². The zero-order valence-electron chi connectivity index (χ0n) is 15.7. The molecule has 4 aromatic rings. The number of nitrogens with one attached hydrogen (secondary N) is 1. The summed E-state index contributed by atoms with van der Waals surface area (Å²) >= 11 is 0. The van der Waals surface area contributed by atoms with Crippen LogP contribution >= 0.6 is 0 Å². The summed E-state index contributed by atoms with van der Waals surface area (Å²) in [4.78, 5) is 16.9. The van der Waals surface area contributed by atoms with Gasteiger partial charge in [0.25, 0.3) is 12.3 Å². The second-order valence-electron chi connectivity index (χ2n) is 6.55. The maximum Gasteiger partial charge on any atom is 0.280 e. The van der Waals surface area contributed by atoms with Gasteiger partial charge in [0.1, 0.15) is 17.1 Å². The zero-order valence-corrected chi connectivity index (χ0v) is 15.7. The smallest absolute Gasteiger partial charge is 0.280 e. The van der Waals surface area contributed by atoms with E-state index < -0.39 is 23.8 Å². The predicted octanol–water partition coefficient (Wildman–Crippen LogP) is 3.49. The van der Waals surface area contributed by atoms with E-state index in [1.165, 1.54) is 36.5 Å². The Balaban J connectivity index is 1.60. The number of aromatic nitrogens is 5. The molecule has 7 nitrogen and oxygen atoms in total. The van der Waals surface area contributed by atoms with Gasteiger partial charge in [0.05, 0.1) is 11.9 Å². The Bertz CT molecular complexity index is 1160. The first kappa shape index (κ1) is 19.6. The second kappa shape index (κ2) is 8.36. The van der Waals surface area contributed by atoms with Crippen LogP contribution < -0.4 is 5.32 Å². The van der Waals surface area contributed by atoms with E-state index in [4.69, 9.17) is 0 Å². The molecule has 0 aliphatic carbocycles. The Labute approximate surface area is 169 Å². The molecule has 3 aromatic heterocycles. The minimum Gasteiger partial charge on any atom is -0.352 e. The molecule has 3 heterocycles. The summed E-state index contributed by atoms with van der Waals surface area (Å²) in [6.07, 6.45) is 2.51. The third-order valence-corrected chi connectivity index (χ3v) is 4.52. The van der Waals surface area contributed by atoms with Crippen LogP contribution in [0.4, 0.5) is 13.2 Å². The van der Waals surface area contributed by atoms with Crippen molar-refractivity contribution >= 4 is 11.6 Å². The standard InChI is InChI=1S/C20H17F3N6O/c21-14-5-3-13(4-6-14)16-11-17(18(22)23)29-19(27-16)15(12-26-29)20(30)24-7-1-9-28-10-2-8-25-28/h2-6,8,10-12,18H,1,7,9H2,(H,24,30). The summed E-state index contributed by atoms with van der Waals surface area (Å²) in [6, 6.07) is 8.30. The van der Waals surface area contributed by atoms with Gasteiger partial charge in [-0.15, -0.1) is 0 Å². The van der Waals surface area contributed by atoms with Crippen molar-refractivity contribution in [3.8, 4) is 11.3 Å².